The third kappa shape index (κ3) is 2.68. The monoisotopic (exact) mass is 336 g/mol. The van der Waals surface area contributed by atoms with Crippen molar-refractivity contribution in [1.29, 1.82) is 0 Å². The maximum absolute atomic E-state index is 6.14. The molecule has 108 valence electrons. The molecule has 0 fully saturated rings. The Morgan fingerprint density at radius 3 is 2.25 bits per heavy atom. The predicted molar refractivity (Wildman–Crippen MR) is 88.7 cm³/mol. The van der Waals surface area contributed by atoms with E-state index in [2.05, 4.69) is 66.2 Å². The number of halogens is 1. The first-order valence-corrected chi connectivity index (χ1v) is 7.49. The SMILES string of the molecule is Cc1cc(Nc2c(N)c(C)nn2C(C)C)cc(C)c1Br. The van der Waals surface area contributed by atoms with Crippen LogP contribution in [0.4, 0.5) is 17.2 Å². The fourth-order valence-corrected chi connectivity index (χ4v) is 2.44. The summed E-state index contributed by atoms with van der Waals surface area (Å²) in [4.78, 5) is 0. The van der Waals surface area contributed by atoms with Crippen LogP contribution in [-0.2, 0) is 0 Å². The van der Waals surface area contributed by atoms with Crippen molar-refractivity contribution in [2.75, 3.05) is 11.1 Å². The number of benzene rings is 1. The Morgan fingerprint density at radius 2 is 1.75 bits per heavy atom. The maximum atomic E-state index is 6.14. The molecule has 0 saturated heterocycles. The average Bonchev–Trinajstić information content (AvgIpc) is 2.64. The van der Waals surface area contributed by atoms with E-state index >= 15 is 0 Å². The number of hydrogen-bond donors (Lipinski definition) is 2. The number of aryl methyl sites for hydroxylation is 3. The molecular weight excluding hydrogens is 316 g/mol. The van der Waals surface area contributed by atoms with Crippen LogP contribution in [0.25, 0.3) is 0 Å². The number of anilines is 3. The van der Waals surface area contributed by atoms with Crippen molar-refractivity contribution in [2.24, 2.45) is 0 Å². The summed E-state index contributed by atoms with van der Waals surface area (Å²) in [6, 6.07) is 4.46. The number of hydrogen-bond acceptors (Lipinski definition) is 3. The highest BCUT2D eigenvalue weighted by Crippen LogP contribution is 2.31. The lowest BCUT2D eigenvalue weighted by Gasteiger charge is -2.15. The third-order valence-electron chi connectivity index (χ3n) is 3.32. The summed E-state index contributed by atoms with van der Waals surface area (Å²) in [5.74, 6) is 0.860. The van der Waals surface area contributed by atoms with Crippen LogP contribution in [-0.4, -0.2) is 9.78 Å². The molecule has 3 N–H and O–H groups in total. The molecule has 0 aliphatic heterocycles. The van der Waals surface area contributed by atoms with Gasteiger partial charge in [-0.1, -0.05) is 15.9 Å². The minimum absolute atomic E-state index is 0.256. The van der Waals surface area contributed by atoms with Gasteiger partial charge < -0.3 is 11.1 Å². The Morgan fingerprint density at radius 1 is 1.20 bits per heavy atom. The molecule has 0 bridgehead atoms. The van der Waals surface area contributed by atoms with Crippen LogP contribution >= 0.6 is 15.9 Å². The van der Waals surface area contributed by atoms with Crippen LogP contribution in [0.5, 0.6) is 0 Å². The largest absolute Gasteiger partial charge is 0.394 e. The summed E-state index contributed by atoms with van der Waals surface area (Å²) >= 11 is 3.58. The van der Waals surface area contributed by atoms with Crippen LogP contribution in [0.3, 0.4) is 0 Å². The lowest BCUT2D eigenvalue weighted by Crippen LogP contribution is -2.08. The van der Waals surface area contributed by atoms with Crippen LogP contribution in [0.15, 0.2) is 16.6 Å². The van der Waals surface area contributed by atoms with Crippen LogP contribution in [0, 0.1) is 20.8 Å². The summed E-state index contributed by atoms with van der Waals surface area (Å²) < 4.78 is 3.07. The van der Waals surface area contributed by atoms with Crippen LogP contribution < -0.4 is 11.1 Å². The first-order chi connectivity index (χ1) is 9.31. The zero-order valence-electron chi connectivity index (χ0n) is 12.6. The molecule has 0 unspecified atom stereocenters. The molecule has 1 heterocycles. The van der Waals surface area contributed by atoms with Crippen molar-refractivity contribution in [1.82, 2.24) is 9.78 Å². The predicted octanol–water partition coefficient (Wildman–Crippen LogP) is 4.48. The van der Waals surface area contributed by atoms with Gasteiger partial charge in [0.05, 0.1) is 11.4 Å². The first-order valence-electron chi connectivity index (χ1n) is 6.69. The van der Waals surface area contributed by atoms with Crippen LogP contribution in [0.2, 0.25) is 0 Å². The van der Waals surface area contributed by atoms with E-state index in [0.29, 0.717) is 5.69 Å². The fraction of sp³-hybridized carbons (Fsp3) is 0.400. The van der Waals surface area contributed by atoms with Crippen molar-refractivity contribution in [3.8, 4) is 0 Å². The highest BCUT2D eigenvalue weighted by Gasteiger charge is 2.15. The lowest BCUT2D eigenvalue weighted by atomic mass is 10.1. The maximum Gasteiger partial charge on any atom is 0.152 e. The Kier molecular flexibility index (Phi) is 4.09. The summed E-state index contributed by atoms with van der Waals surface area (Å²) in [6.07, 6.45) is 0. The standard InChI is InChI=1S/C15H21BrN4/c1-8(2)20-15(14(17)11(5)19-20)18-12-6-9(3)13(16)10(4)7-12/h6-8,18H,17H2,1-5H3. The van der Waals surface area contributed by atoms with Gasteiger partial charge in [-0.05, 0) is 57.9 Å². The molecule has 0 aliphatic rings. The highest BCUT2D eigenvalue weighted by atomic mass is 79.9. The van der Waals surface area contributed by atoms with Crippen molar-refractivity contribution in [2.45, 2.75) is 40.7 Å². The Hall–Kier alpha value is -1.49. The topological polar surface area (TPSA) is 55.9 Å². The number of nitrogens with zero attached hydrogens (tertiary/aromatic N) is 2. The molecular formula is C15H21BrN4. The highest BCUT2D eigenvalue weighted by molar-refractivity contribution is 9.10. The van der Waals surface area contributed by atoms with Gasteiger partial charge in [0.15, 0.2) is 5.82 Å². The van der Waals surface area contributed by atoms with Crippen LogP contribution in [0.1, 0.15) is 36.7 Å². The normalized spacial score (nSPS) is 11.2. The Bertz CT molecular complexity index is 621. The van der Waals surface area contributed by atoms with Gasteiger partial charge in [-0.25, -0.2) is 4.68 Å². The number of nitrogens with two attached hydrogens (primary N) is 1. The molecule has 0 radical (unpaired) electrons. The Labute approximate surface area is 128 Å². The summed E-state index contributed by atoms with van der Waals surface area (Å²) in [6.45, 7) is 10.3. The molecule has 1 aromatic heterocycles. The number of nitrogen functional groups attached to an aromatic ring is 1. The third-order valence-corrected chi connectivity index (χ3v) is 4.57. The second-order valence-corrected chi connectivity index (χ2v) is 6.23. The molecule has 2 rings (SSSR count). The van der Waals surface area contributed by atoms with Gasteiger partial charge >= 0.3 is 0 Å². The minimum Gasteiger partial charge on any atom is -0.394 e. The first kappa shape index (κ1) is 14.9. The molecule has 0 spiro atoms. The van der Waals surface area contributed by atoms with Crippen molar-refractivity contribution in [3.63, 3.8) is 0 Å². The molecule has 20 heavy (non-hydrogen) atoms. The molecule has 5 heteroatoms. The number of rotatable bonds is 3. The van der Waals surface area contributed by atoms with Crippen molar-refractivity contribution in [3.05, 3.63) is 33.4 Å². The fourth-order valence-electron chi connectivity index (χ4n) is 2.21. The van der Waals surface area contributed by atoms with E-state index in [1.807, 2.05) is 11.6 Å². The van der Waals surface area contributed by atoms with E-state index in [4.69, 9.17) is 5.73 Å². The molecule has 2 aromatic rings. The second kappa shape index (κ2) is 5.48. The second-order valence-electron chi connectivity index (χ2n) is 5.44. The number of aromatic nitrogens is 2. The minimum atomic E-state index is 0.256. The zero-order valence-corrected chi connectivity index (χ0v) is 14.2. The molecule has 0 amide bonds. The van der Waals surface area contributed by atoms with E-state index in [1.165, 1.54) is 11.1 Å². The zero-order chi connectivity index (χ0) is 15.0. The van der Waals surface area contributed by atoms with Gasteiger partial charge in [0, 0.05) is 16.2 Å². The van der Waals surface area contributed by atoms with Gasteiger partial charge in [0.1, 0.15) is 0 Å². The Balaban J connectivity index is 2.45. The van der Waals surface area contributed by atoms with Gasteiger partial charge in [-0.2, -0.15) is 5.10 Å². The van der Waals surface area contributed by atoms with Gasteiger partial charge in [-0.3, -0.25) is 0 Å². The molecule has 0 aliphatic carbocycles. The summed E-state index contributed by atoms with van der Waals surface area (Å²) in [5.41, 5.74) is 11.1. The average molecular weight is 337 g/mol. The van der Waals surface area contributed by atoms with Crippen molar-refractivity contribution < 1.29 is 0 Å². The van der Waals surface area contributed by atoms with E-state index in [9.17, 15) is 0 Å². The molecule has 1 aromatic carbocycles. The molecule has 0 saturated carbocycles. The van der Waals surface area contributed by atoms with E-state index in [-0.39, 0.29) is 6.04 Å². The number of nitrogens with one attached hydrogen (secondary N) is 1. The van der Waals surface area contributed by atoms with Crippen molar-refractivity contribution >= 4 is 33.1 Å². The summed E-state index contributed by atoms with van der Waals surface area (Å²) in [7, 11) is 0. The summed E-state index contributed by atoms with van der Waals surface area (Å²) in [5, 5.41) is 7.89. The van der Waals surface area contributed by atoms with E-state index in [1.54, 1.807) is 0 Å². The van der Waals surface area contributed by atoms with Gasteiger partial charge in [0.25, 0.3) is 0 Å². The lowest BCUT2D eigenvalue weighted by molar-refractivity contribution is 0.536. The van der Waals surface area contributed by atoms with Gasteiger partial charge in [-0.15, -0.1) is 0 Å². The smallest absolute Gasteiger partial charge is 0.152 e. The quantitative estimate of drug-likeness (QED) is 0.868. The molecule has 0 atom stereocenters. The molecule has 4 nitrogen and oxygen atoms in total. The van der Waals surface area contributed by atoms with E-state index in [0.717, 1.165) is 21.7 Å². The van der Waals surface area contributed by atoms with Gasteiger partial charge in [0.2, 0.25) is 0 Å². The van der Waals surface area contributed by atoms with E-state index < -0.39 is 0 Å².